The molecule has 6 heteroatoms. The zero-order valence-corrected chi connectivity index (χ0v) is 15.9. The van der Waals surface area contributed by atoms with E-state index in [9.17, 15) is 4.79 Å². The van der Waals surface area contributed by atoms with Crippen LogP contribution in [0.3, 0.4) is 0 Å². The first-order valence-corrected chi connectivity index (χ1v) is 9.95. The smallest absolute Gasteiger partial charge is 0.262 e. The summed E-state index contributed by atoms with van der Waals surface area (Å²) in [6.45, 7) is 4.46. The van der Waals surface area contributed by atoms with Crippen molar-refractivity contribution in [3.63, 3.8) is 0 Å². The Bertz CT molecular complexity index is 970. The Balaban J connectivity index is 2.03. The van der Waals surface area contributed by atoms with Crippen molar-refractivity contribution < 1.29 is 0 Å². The lowest BCUT2D eigenvalue weighted by molar-refractivity contribution is 0.596. The molecular formula is C19H19N3OS2. The number of thiophene rings is 1. The van der Waals surface area contributed by atoms with Crippen molar-refractivity contribution in [1.82, 2.24) is 9.55 Å². The second-order valence-corrected chi connectivity index (χ2v) is 8.18. The van der Waals surface area contributed by atoms with E-state index in [2.05, 4.69) is 25.1 Å². The van der Waals surface area contributed by atoms with Gasteiger partial charge in [0, 0.05) is 11.4 Å². The van der Waals surface area contributed by atoms with E-state index in [1.54, 1.807) is 15.9 Å². The zero-order chi connectivity index (χ0) is 17.8. The number of nitriles is 1. The summed E-state index contributed by atoms with van der Waals surface area (Å²) in [7, 11) is 0. The van der Waals surface area contributed by atoms with Crippen LogP contribution in [0.1, 0.15) is 24.3 Å². The van der Waals surface area contributed by atoms with Gasteiger partial charge in [-0.1, -0.05) is 49.0 Å². The SMILES string of the molecule is CCc1cc2c(=O)n(CCc3ccccc3)c(SC(C)C#N)nc2s1. The molecule has 0 radical (unpaired) electrons. The minimum absolute atomic E-state index is 0.00970. The number of hydrogen-bond acceptors (Lipinski definition) is 5. The molecule has 0 aliphatic heterocycles. The van der Waals surface area contributed by atoms with Crippen molar-refractivity contribution >= 4 is 33.3 Å². The lowest BCUT2D eigenvalue weighted by atomic mass is 10.1. The van der Waals surface area contributed by atoms with Crippen LogP contribution in [0.15, 0.2) is 46.3 Å². The predicted octanol–water partition coefficient (Wildman–Crippen LogP) is 4.27. The number of benzene rings is 1. The summed E-state index contributed by atoms with van der Waals surface area (Å²) in [5, 5.41) is 10.2. The maximum atomic E-state index is 13.0. The highest BCUT2D eigenvalue weighted by Crippen LogP contribution is 2.27. The third-order valence-corrected chi connectivity index (χ3v) is 6.10. The Hall–Kier alpha value is -2.10. The monoisotopic (exact) mass is 369 g/mol. The van der Waals surface area contributed by atoms with Crippen molar-refractivity contribution in [3.05, 3.63) is 57.2 Å². The average Bonchev–Trinajstić information content (AvgIpc) is 3.05. The van der Waals surface area contributed by atoms with Gasteiger partial charge >= 0.3 is 0 Å². The first-order chi connectivity index (χ1) is 12.1. The number of aromatic nitrogens is 2. The van der Waals surface area contributed by atoms with Crippen molar-refractivity contribution in [2.45, 2.75) is 43.6 Å². The van der Waals surface area contributed by atoms with Gasteiger partial charge in [0.25, 0.3) is 5.56 Å². The first kappa shape index (κ1) is 17.7. The summed E-state index contributed by atoms with van der Waals surface area (Å²) in [6, 6.07) is 14.3. The molecule has 0 amide bonds. The van der Waals surface area contributed by atoms with Crippen molar-refractivity contribution in [1.29, 1.82) is 5.26 Å². The zero-order valence-electron chi connectivity index (χ0n) is 14.2. The van der Waals surface area contributed by atoms with Gasteiger partial charge in [0.15, 0.2) is 5.16 Å². The van der Waals surface area contributed by atoms with Gasteiger partial charge in [-0.2, -0.15) is 5.26 Å². The Labute approximate surface area is 155 Å². The van der Waals surface area contributed by atoms with Crippen LogP contribution in [0.2, 0.25) is 0 Å². The fourth-order valence-electron chi connectivity index (χ4n) is 2.58. The number of aryl methyl sites for hydroxylation is 2. The van der Waals surface area contributed by atoms with Crippen molar-refractivity contribution in [3.8, 4) is 6.07 Å². The molecule has 0 aliphatic carbocycles. The molecule has 0 aliphatic rings. The molecule has 1 aromatic carbocycles. The average molecular weight is 370 g/mol. The van der Waals surface area contributed by atoms with Gasteiger partial charge in [-0.05, 0) is 31.4 Å². The quantitative estimate of drug-likeness (QED) is 0.481. The molecule has 0 bridgehead atoms. The van der Waals surface area contributed by atoms with Crippen LogP contribution in [0.25, 0.3) is 10.2 Å². The molecule has 1 atom stereocenters. The Kier molecular flexibility index (Phi) is 5.57. The van der Waals surface area contributed by atoms with Gasteiger partial charge in [0.1, 0.15) is 4.83 Å². The number of hydrogen-bond donors (Lipinski definition) is 0. The highest BCUT2D eigenvalue weighted by Gasteiger charge is 2.16. The number of thioether (sulfide) groups is 1. The van der Waals surface area contributed by atoms with Crippen molar-refractivity contribution in [2.75, 3.05) is 0 Å². The summed E-state index contributed by atoms with van der Waals surface area (Å²) >= 11 is 2.91. The summed E-state index contributed by atoms with van der Waals surface area (Å²) in [5.41, 5.74) is 1.17. The van der Waals surface area contributed by atoms with E-state index in [0.29, 0.717) is 17.1 Å². The van der Waals surface area contributed by atoms with Gasteiger partial charge in [-0.25, -0.2) is 4.98 Å². The summed E-state index contributed by atoms with van der Waals surface area (Å²) in [4.78, 5) is 19.6. The summed E-state index contributed by atoms with van der Waals surface area (Å²) in [6.07, 6.45) is 1.65. The first-order valence-electron chi connectivity index (χ1n) is 8.25. The second kappa shape index (κ2) is 7.85. The maximum Gasteiger partial charge on any atom is 0.262 e. The molecule has 0 spiro atoms. The van der Waals surface area contributed by atoms with Crippen LogP contribution in [-0.4, -0.2) is 14.8 Å². The van der Waals surface area contributed by atoms with E-state index >= 15 is 0 Å². The number of fused-ring (bicyclic) bond motifs is 1. The molecular weight excluding hydrogens is 350 g/mol. The van der Waals surface area contributed by atoms with E-state index in [1.807, 2.05) is 31.2 Å². The third-order valence-electron chi connectivity index (χ3n) is 3.95. The van der Waals surface area contributed by atoms with E-state index in [-0.39, 0.29) is 10.8 Å². The van der Waals surface area contributed by atoms with Crippen LogP contribution in [0.5, 0.6) is 0 Å². The van der Waals surface area contributed by atoms with E-state index in [1.165, 1.54) is 17.3 Å². The second-order valence-electron chi connectivity index (χ2n) is 5.76. The molecule has 3 rings (SSSR count). The lowest BCUT2D eigenvalue weighted by Crippen LogP contribution is -2.24. The molecule has 4 nitrogen and oxygen atoms in total. The van der Waals surface area contributed by atoms with Gasteiger partial charge in [-0.15, -0.1) is 11.3 Å². The molecule has 0 N–H and O–H groups in total. The largest absolute Gasteiger partial charge is 0.287 e. The highest BCUT2D eigenvalue weighted by atomic mass is 32.2. The fraction of sp³-hybridized carbons (Fsp3) is 0.316. The Morgan fingerprint density at radius 3 is 2.80 bits per heavy atom. The maximum absolute atomic E-state index is 13.0. The van der Waals surface area contributed by atoms with Gasteiger partial charge in [0.05, 0.1) is 16.7 Å². The van der Waals surface area contributed by atoms with Gasteiger partial charge in [0.2, 0.25) is 0 Å². The molecule has 25 heavy (non-hydrogen) atoms. The molecule has 3 aromatic rings. The number of nitrogens with zero attached hydrogens (tertiary/aromatic N) is 3. The van der Waals surface area contributed by atoms with Crippen LogP contribution < -0.4 is 5.56 Å². The van der Waals surface area contributed by atoms with Gasteiger partial charge < -0.3 is 0 Å². The Morgan fingerprint density at radius 2 is 2.12 bits per heavy atom. The third kappa shape index (κ3) is 3.94. The lowest BCUT2D eigenvalue weighted by Gasteiger charge is -2.12. The molecule has 128 valence electrons. The summed E-state index contributed by atoms with van der Waals surface area (Å²) in [5.74, 6) is 0. The fourth-order valence-corrected chi connectivity index (χ4v) is 4.41. The molecule has 0 saturated carbocycles. The molecule has 2 heterocycles. The molecule has 0 fully saturated rings. The minimum atomic E-state index is -0.252. The van der Waals surface area contributed by atoms with E-state index in [0.717, 1.165) is 22.5 Å². The van der Waals surface area contributed by atoms with E-state index < -0.39 is 0 Å². The molecule has 0 saturated heterocycles. The highest BCUT2D eigenvalue weighted by molar-refractivity contribution is 8.00. The van der Waals surface area contributed by atoms with Crippen molar-refractivity contribution in [2.24, 2.45) is 0 Å². The van der Waals surface area contributed by atoms with Crippen LogP contribution >= 0.6 is 23.1 Å². The normalized spacial score (nSPS) is 12.2. The number of rotatable bonds is 6. The summed E-state index contributed by atoms with van der Waals surface area (Å²) < 4.78 is 1.72. The van der Waals surface area contributed by atoms with Crippen LogP contribution in [0.4, 0.5) is 0 Å². The standard InChI is InChI=1S/C19H19N3OS2/c1-3-15-11-16-17(25-15)21-19(24-13(2)12-20)22(18(16)23)10-9-14-7-5-4-6-8-14/h4-8,11,13H,3,9-10H2,1-2H3. The van der Waals surface area contributed by atoms with Crippen LogP contribution in [-0.2, 0) is 19.4 Å². The predicted molar refractivity (Wildman–Crippen MR) is 104 cm³/mol. The Morgan fingerprint density at radius 1 is 1.36 bits per heavy atom. The molecule has 1 unspecified atom stereocenters. The molecule has 2 aromatic heterocycles. The van der Waals surface area contributed by atoms with Crippen LogP contribution in [0, 0.1) is 11.3 Å². The minimum Gasteiger partial charge on any atom is -0.287 e. The van der Waals surface area contributed by atoms with Gasteiger partial charge in [-0.3, -0.25) is 9.36 Å². The van der Waals surface area contributed by atoms with E-state index in [4.69, 9.17) is 10.2 Å². The topological polar surface area (TPSA) is 58.7 Å².